The van der Waals surface area contributed by atoms with E-state index in [9.17, 15) is 12.8 Å². The van der Waals surface area contributed by atoms with Gasteiger partial charge in [-0.05, 0) is 59.5 Å². The highest BCUT2D eigenvalue weighted by Crippen LogP contribution is 2.22. The van der Waals surface area contributed by atoms with Gasteiger partial charge in [-0.25, -0.2) is 17.1 Å². The summed E-state index contributed by atoms with van der Waals surface area (Å²) in [6, 6.07) is 4.62. The van der Waals surface area contributed by atoms with E-state index < -0.39 is 10.0 Å². The van der Waals surface area contributed by atoms with Gasteiger partial charge in [0.25, 0.3) is 0 Å². The molecule has 2 rings (SSSR count). The van der Waals surface area contributed by atoms with Gasteiger partial charge in [-0.1, -0.05) is 0 Å². The molecule has 4 nitrogen and oxygen atoms in total. The summed E-state index contributed by atoms with van der Waals surface area (Å²) in [6.07, 6.45) is 3.16. The minimum absolute atomic E-state index is 0.249. The van der Waals surface area contributed by atoms with E-state index in [-0.39, 0.29) is 5.82 Å². The number of benzene rings is 1. The third kappa shape index (κ3) is 4.29. The summed E-state index contributed by atoms with van der Waals surface area (Å²) < 4.78 is 38.5. The summed E-state index contributed by atoms with van der Waals surface area (Å²) in [6.45, 7) is 1.88. The Balaban J connectivity index is 1.94. The molecule has 0 saturated carbocycles. The molecule has 1 N–H and O–H groups in total. The summed E-state index contributed by atoms with van der Waals surface area (Å²) in [5.74, 6) is 0.0418. The first-order valence-electron chi connectivity index (χ1n) is 6.50. The van der Waals surface area contributed by atoms with Crippen molar-refractivity contribution < 1.29 is 12.8 Å². The molecule has 1 aromatic rings. The molecule has 1 heterocycles. The van der Waals surface area contributed by atoms with E-state index in [1.165, 1.54) is 18.4 Å². The molecule has 0 radical (unpaired) electrons. The largest absolute Gasteiger partial charge is 0.384 e. The van der Waals surface area contributed by atoms with E-state index in [4.69, 9.17) is 0 Å². The number of nitrogens with zero attached hydrogens (tertiary/aromatic N) is 1. The fraction of sp³-hybridized carbons (Fsp3) is 0.538. The predicted octanol–water partition coefficient (Wildman–Crippen LogP) is 2.51. The Bertz CT molecular complexity index is 580. The van der Waals surface area contributed by atoms with E-state index in [2.05, 4.69) is 27.9 Å². The van der Waals surface area contributed by atoms with Crippen LogP contribution in [0.5, 0.6) is 0 Å². The van der Waals surface area contributed by atoms with Crippen molar-refractivity contribution in [3.05, 3.63) is 27.6 Å². The van der Waals surface area contributed by atoms with Gasteiger partial charge in [0.15, 0.2) is 0 Å². The highest BCUT2D eigenvalue weighted by atomic mass is 127. The number of nitrogens with one attached hydrogen (secondary N) is 1. The molecule has 1 fully saturated rings. The first kappa shape index (κ1) is 16.0. The summed E-state index contributed by atoms with van der Waals surface area (Å²) >= 11 is 2.09. The molecule has 0 bridgehead atoms. The van der Waals surface area contributed by atoms with E-state index in [1.807, 2.05) is 0 Å². The number of halogens is 2. The zero-order valence-corrected chi connectivity index (χ0v) is 14.2. The van der Waals surface area contributed by atoms with Crippen LogP contribution in [0.25, 0.3) is 0 Å². The molecular weight excluding hydrogens is 394 g/mol. The lowest BCUT2D eigenvalue weighted by molar-refractivity contribution is 0.277. The lowest BCUT2D eigenvalue weighted by Gasteiger charge is -2.31. The molecule has 1 saturated heterocycles. The molecule has 7 heteroatoms. The van der Waals surface area contributed by atoms with Gasteiger partial charge in [0, 0.05) is 28.9 Å². The highest BCUT2D eigenvalue weighted by Gasteiger charge is 2.25. The second-order valence-corrected chi connectivity index (χ2v) is 8.28. The van der Waals surface area contributed by atoms with Crippen LogP contribution in [0.4, 0.5) is 10.1 Å². The van der Waals surface area contributed by atoms with Crippen LogP contribution in [0, 0.1) is 15.3 Å². The Labute approximate surface area is 132 Å². The molecule has 0 aromatic heterocycles. The number of piperidine rings is 1. The van der Waals surface area contributed by atoms with Crippen molar-refractivity contribution in [1.29, 1.82) is 0 Å². The minimum atomic E-state index is -3.10. The van der Waals surface area contributed by atoms with Crippen molar-refractivity contribution in [2.24, 2.45) is 5.92 Å². The minimum Gasteiger partial charge on any atom is -0.384 e. The molecule has 20 heavy (non-hydrogen) atoms. The molecular formula is C13H18FIN2O2S. The number of anilines is 1. The molecule has 0 spiro atoms. The average molecular weight is 412 g/mol. The standard InChI is InChI=1S/C13H18FIN2O2S/c1-20(18,19)17-6-2-3-10(9-17)8-16-13-5-4-11(14)7-12(13)15/h4-5,7,10,16H,2-3,6,8-9H2,1H3. The Kier molecular flexibility index (Phi) is 5.25. The smallest absolute Gasteiger partial charge is 0.211 e. The zero-order chi connectivity index (χ0) is 14.8. The summed E-state index contributed by atoms with van der Waals surface area (Å²) in [5.41, 5.74) is 0.892. The summed E-state index contributed by atoms with van der Waals surface area (Å²) in [7, 11) is -3.10. The van der Waals surface area contributed by atoms with E-state index in [1.54, 1.807) is 10.4 Å². The van der Waals surface area contributed by atoms with Crippen molar-refractivity contribution in [3.8, 4) is 0 Å². The van der Waals surface area contributed by atoms with Crippen LogP contribution in [0.2, 0.25) is 0 Å². The molecule has 0 amide bonds. The maximum atomic E-state index is 13.0. The molecule has 1 aromatic carbocycles. The fourth-order valence-electron chi connectivity index (χ4n) is 2.38. The third-order valence-electron chi connectivity index (χ3n) is 3.46. The predicted molar refractivity (Wildman–Crippen MR) is 86.7 cm³/mol. The van der Waals surface area contributed by atoms with E-state index in [0.29, 0.717) is 25.6 Å². The van der Waals surface area contributed by atoms with E-state index in [0.717, 1.165) is 22.1 Å². The van der Waals surface area contributed by atoms with Crippen LogP contribution < -0.4 is 5.32 Å². The maximum Gasteiger partial charge on any atom is 0.211 e. The Morgan fingerprint density at radius 1 is 1.50 bits per heavy atom. The zero-order valence-electron chi connectivity index (χ0n) is 11.3. The first-order valence-corrected chi connectivity index (χ1v) is 9.43. The SMILES string of the molecule is CS(=O)(=O)N1CCCC(CNc2ccc(F)cc2I)C1. The Morgan fingerprint density at radius 2 is 2.25 bits per heavy atom. The average Bonchev–Trinajstić information content (AvgIpc) is 2.37. The first-order chi connectivity index (χ1) is 9.36. The van der Waals surface area contributed by atoms with Crippen molar-refractivity contribution >= 4 is 38.3 Å². The molecule has 1 aliphatic rings. The van der Waals surface area contributed by atoms with Crippen LogP contribution in [0.15, 0.2) is 18.2 Å². The van der Waals surface area contributed by atoms with Gasteiger partial charge in [0.1, 0.15) is 5.82 Å². The quantitative estimate of drug-likeness (QED) is 0.774. The van der Waals surface area contributed by atoms with Crippen LogP contribution in [-0.4, -0.2) is 38.6 Å². The highest BCUT2D eigenvalue weighted by molar-refractivity contribution is 14.1. The van der Waals surface area contributed by atoms with Gasteiger partial charge in [0.2, 0.25) is 10.0 Å². The van der Waals surface area contributed by atoms with Crippen LogP contribution in [-0.2, 0) is 10.0 Å². The van der Waals surface area contributed by atoms with Gasteiger partial charge in [-0.15, -0.1) is 0 Å². The Morgan fingerprint density at radius 3 is 2.90 bits per heavy atom. The van der Waals surface area contributed by atoms with Crippen LogP contribution in [0.1, 0.15) is 12.8 Å². The molecule has 1 unspecified atom stereocenters. The summed E-state index contributed by atoms with van der Waals surface area (Å²) in [4.78, 5) is 0. The number of hydrogen-bond acceptors (Lipinski definition) is 3. The van der Waals surface area contributed by atoms with Crippen molar-refractivity contribution in [3.63, 3.8) is 0 Å². The maximum absolute atomic E-state index is 13.0. The van der Waals surface area contributed by atoms with Gasteiger partial charge in [0.05, 0.1) is 6.26 Å². The normalized spacial score (nSPS) is 20.9. The summed E-state index contributed by atoms with van der Waals surface area (Å²) in [5, 5.41) is 3.29. The van der Waals surface area contributed by atoms with Crippen LogP contribution in [0.3, 0.4) is 0 Å². The molecule has 1 atom stereocenters. The fourth-order valence-corrected chi connectivity index (χ4v) is 3.99. The van der Waals surface area contributed by atoms with Crippen molar-refractivity contribution in [1.82, 2.24) is 4.31 Å². The number of hydrogen-bond donors (Lipinski definition) is 1. The van der Waals surface area contributed by atoms with E-state index >= 15 is 0 Å². The number of rotatable bonds is 4. The van der Waals surface area contributed by atoms with Crippen LogP contribution >= 0.6 is 22.6 Å². The van der Waals surface area contributed by atoms with Crippen molar-refractivity contribution in [2.45, 2.75) is 12.8 Å². The lowest BCUT2D eigenvalue weighted by Crippen LogP contribution is -2.41. The number of sulfonamides is 1. The molecule has 112 valence electrons. The Hall–Kier alpha value is -0.410. The topological polar surface area (TPSA) is 49.4 Å². The van der Waals surface area contributed by atoms with Gasteiger partial charge in [-0.2, -0.15) is 0 Å². The van der Waals surface area contributed by atoms with Gasteiger partial charge in [-0.3, -0.25) is 0 Å². The second-order valence-electron chi connectivity index (χ2n) is 5.13. The van der Waals surface area contributed by atoms with Crippen molar-refractivity contribution in [2.75, 3.05) is 31.2 Å². The molecule has 1 aliphatic heterocycles. The second kappa shape index (κ2) is 6.57. The molecule has 0 aliphatic carbocycles. The third-order valence-corrected chi connectivity index (χ3v) is 5.63. The van der Waals surface area contributed by atoms with Gasteiger partial charge < -0.3 is 5.32 Å². The lowest BCUT2D eigenvalue weighted by atomic mass is 9.99. The van der Waals surface area contributed by atoms with Gasteiger partial charge >= 0.3 is 0 Å². The monoisotopic (exact) mass is 412 g/mol.